The molecule has 0 unspecified atom stereocenters. The Labute approximate surface area is 203 Å². The lowest BCUT2D eigenvalue weighted by atomic mass is 9.99. The van der Waals surface area contributed by atoms with E-state index in [4.69, 9.17) is 0 Å². The average Bonchev–Trinajstić information content (AvgIpc) is 2.85. The number of fused-ring (bicyclic) bond motifs is 1. The minimum absolute atomic E-state index is 0.0813. The number of benzene rings is 3. The van der Waals surface area contributed by atoms with Crippen LogP contribution in [0.4, 0.5) is 5.69 Å². The summed E-state index contributed by atoms with van der Waals surface area (Å²) in [5.41, 5.74) is 1.69. The minimum Gasteiger partial charge on any atom is -0.466 e. The monoisotopic (exact) mass is 473 g/mol. The number of hydrogen-bond acceptors (Lipinski definition) is 5. The highest BCUT2D eigenvalue weighted by Crippen LogP contribution is 2.25. The number of carbonyl (C=O) groups excluding carboxylic acids is 4. The fraction of sp³-hybridized carbons (Fsp3) is 0.185. The van der Waals surface area contributed by atoms with Crippen LogP contribution in [0.1, 0.15) is 46.2 Å². The summed E-state index contributed by atoms with van der Waals surface area (Å²) in [5, 5.41) is 10.3. The SMILES string of the molecule is COC(=O)/C=C/CNC(=O)c1cc(NC(C)=O)cc(C(=O)N[C@H](C)c2cccc3ccccc23)c1. The molecule has 35 heavy (non-hydrogen) atoms. The molecule has 3 aromatic rings. The number of anilines is 1. The van der Waals surface area contributed by atoms with Crippen LogP contribution in [0.5, 0.6) is 0 Å². The van der Waals surface area contributed by atoms with E-state index in [0.29, 0.717) is 5.69 Å². The zero-order valence-corrected chi connectivity index (χ0v) is 19.8. The lowest BCUT2D eigenvalue weighted by Gasteiger charge is -2.17. The first kappa shape index (κ1) is 25.2. The molecule has 0 bridgehead atoms. The predicted molar refractivity (Wildman–Crippen MR) is 134 cm³/mol. The first-order valence-corrected chi connectivity index (χ1v) is 11.0. The third-order valence-corrected chi connectivity index (χ3v) is 5.25. The molecule has 0 aliphatic heterocycles. The highest BCUT2D eigenvalue weighted by atomic mass is 16.5. The predicted octanol–water partition coefficient (Wildman–Crippen LogP) is 3.75. The Bertz CT molecular complexity index is 1290. The van der Waals surface area contributed by atoms with Crippen molar-refractivity contribution in [3.05, 3.63) is 89.5 Å². The van der Waals surface area contributed by atoms with Gasteiger partial charge < -0.3 is 20.7 Å². The summed E-state index contributed by atoms with van der Waals surface area (Å²) in [4.78, 5) is 48.5. The molecule has 0 aromatic heterocycles. The molecule has 3 rings (SSSR count). The summed E-state index contributed by atoms with van der Waals surface area (Å²) in [6, 6.07) is 18.0. The summed E-state index contributed by atoms with van der Waals surface area (Å²) in [6.07, 6.45) is 2.64. The van der Waals surface area contributed by atoms with Gasteiger partial charge in [-0.15, -0.1) is 0 Å². The molecule has 3 aromatic carbocycles. The quantitative estimate of drug-likeness (QED) is 0.341. The van der Waals surface area contributed by atoms with Gasteiger partial charge in [0.05, 0.1) is 13.2 Å². The second-order valence-corrected chi connectivity index (χ2v) is 7.88. The third-order valence-electron chi connectivity index (χ3n) is 5.25. The molecule has 0 aliphatic rings. The summed E-state index contributed by atoms with van der Waals surface area (Å²) in [7, 11) is 1.26. The summed E-state index contributed by atoms with van der Waals surface area (Å²) in [5.74, 6) is -1.73. The van der Waals surface area contributed by atoms with Crippen LogP contribution in [-0.2, 0) is 14.3 Å². The van der Waals surface area contributed by atoms with Crippen LogP contribution in [0.25, 0.3) is 10.8 Å². The zero-order chi connectivity index (χ0) is 25.4. The molecule has 8 nitrogen and oxygen atoms in total. The zero-order valence-electron chi connectivity index (χ0n) is 19.8. The van der Waals surface area contributed by atoms with E-state index < -0.39 is 17.8 Å². The molecule has 0 fully saturated rings. The first-order valence-electron chi connectivity index (χ1n) is 11.0. The van der Waals surface area contributed by atoms with Crippen molar-refractivity contribution in [3.8, 4) is 0 Å². The number of esters is 1. The largest absolute Gasteiger partial charge is 0.466 e. The number of methoxy groups -OCH3 is 1. The Morgan fingerprint density at radius 2 is 1.63 bits per heavy atom. The maximum absolute atomic E-state index is 13.1. The van der Waals surface area contributed by atoms with Gasteiger partial charge in [-0.05, 0) is 41.5 Å². The third kappa shape index (κ3) is 6.77. The summed E-state index contributed by atoms with van der Waals surface area (Å²) < 4.78 is 4.50. The molecule has 180 valence electrons. The van der Waals surface area contributed by atoms with Gasteiger partial charge in [0.25, 0.3) is 11.8 Å². The summed E-state index contributed by atoms with van der Waals surface area (Å²) >= 11 is 0. The second-order valence-electron chi connectivity index (χ2n) is 7.88. The van der Waals surface area contributed by atoms with E-state index in [0.717, 1.165) is 16.3 Å². The molecule has 0 aliphatic carbocycles. The number of ether oxygens (including phenoxy) is 1. The molecule has 8 heteroatoms. The van der Waals surface area contributed by atoms with E-state index in [1.165, 1.54) is 44.4 Å². The molecular weight excluding hydrogens is 446 g/mol. The van der Waals surface area contributed by atoms with Gasteiger partial charge in [-0.25, -0.2) is 4.79 Å². The fourth-order valence-electron chi connectivity index (χ4n) is 3.63. The highest BCUT2D eigenvalue weighted by Gasteiger charge is 2.17. The van der Waals surface area contributed by atoms with Crippen molar-refractivity contribution >= 4 is 40.2 Å². The Balaban J connectivity index is 1.82. The van der Waals surface area contributed by atoms with E-state index in [-0.39, 0.29) is 29.6 Å². The molecule has 0 heterocycles. The van der Waals surface area contributed by atoms with Gasteiger partial charge in [0.2, 0.25) is 5.91 Å². The number of carbonyl (C=O) groups is 4. The van der Waals surface area contributed by atoms with Crippen molar-refractivity contribution in [1.29, 1.82) is 0 Å². The molecule has 3 amide bonds. The maximum Gasteiger partial charge on any atom is 0.330 e. The van der Waals surface area contributed by atoms with Crippen LogP contribution in [0.3, 0.4) is 0 Å². The van der Waals surface area contributed by atoms with E-state index in [1.54, 1.807) is 0 Å². The fourth-order valence-corrected chi connectivity index (χ4v) is 3.63. The number of rotatable bonds is 8. The number of nitrogens with one attached hydrogen (secondary N) is 3. The molecule has 0 radical (unpaired) electrons. The smallest absolute Gasteiger partial charge is 0.330 e. The van der Waals surface area contributed by atoms with Gasteiger partial charge in [-0.1, -0.05) is 48.5 Å². The minimum atomic E-state index is -0.536. The van der Waals surface area contributed by atoms with Gasteiger partial charge >= 0.3 is 5.97 Å². The summed E-state index contributed by atoms with van der Waals surface area (Å²) in [6.45, 7) is 3.31. The highest BCUT2D eigenvalue weighted by molar-refractivity contribution is 6.02. The van der Waals surface area contributed by atoms with Crippen molar-refractivity contribution in [2.45, 2.75) is 19.9 Å². The van der Waals surface area contributed by atoms with Crippen molar-refractivity contribution in [1.82, 2.24) is 10.6 Å². The number of amides is 3. The van der Waals surface area contributed by atoms with Crippen molar-refractivity contribution in [2.24, 2.45) is 0 Å². The molecule has 0 saturated heterocycles. The average molecular weight is 474 g/mol. The lowest BCUT2D eigenvalue weighted by molar-refractivity contribution is -0.134. The van der Waals surface area contributed by atoms with Crippen LogP contribution >= 0.6 is 0 Å². The first-order chi connectivity index (χ1) is 16.8. The van der Waals surface area contributed by atoms with Gasteiger partial charge in [0.15, 0.2) is 0 Å². The standard InChI is InChI=1S/C27H27N3O5/c1-17(23-11-6-9-19-8-4-5-10-24(19)23)29-27(34)21-14-20(15-22(16-21)30-18(2)31)26(33)28-13-7-12-25(32)35-3/h4-12,14-17H,13H2,1-3H3,(H,28,33)(H,29,34)(H,30,31)/b12-7+/t17-/m1/s1. The van der Waals surface area contributed by atoms with Crippen LogP contribution in [0.15, 0.2) is 72.8 Å². The number of hydrogen-bond donors (Lipinski definition) is 3. The Kier molecular flexibility index (Phi) is 8.34. The molecule has 1 atom stereocenters. The van der Waals surface area contributed by atoms with Crippen LogP contribution in [-0.4, -0.2) is 37.3 Å². The van der Waals surface area contributed by atoms with E-state index in [1.807, 2.05) is 49.4 Å². The maximum atomic E-state index is 13.1. The molecule has 3 N–H and O–H groups in total. The Hall–Kier alpha value is -4.46. The van der Waals surface area contributed by atoms with E-state index in [2.05, 4.69) is 20.7 Å². The Morgan fingerprint density at radius 3 is 2.34 bits per heavy atom. The van der Waals surface area contributed by atoms with Gasteiger partial charge in [0, 0.05) is 36.4 Å². The van der Waals surface area contributed by atoms with Crippen molar-refractivity contribution in [3.63, 3.8) is 0 Å². The van der Waals surface area contributed by atoms with Crippen LogP contribution in [0.2, 0.25) is 0 Å². The molecule has 0 saturated carbocycles. The lowest BCUT2D eigenvalue weighted by Crippen LogP contribution is -2.28. The molecule has 0 spiro atoms. The normalized spacial score (nSPS) is 11.6. The van der Waals surface area contributed by atoms with E-state index >= 15 is 0 Å². The van der Waals surface area contributed by atoms with Crippen LogP contribution < -0.4 is 16.0 Å². The second kappa shape index (κ2) is 11.6. The van der Waals surface area contributed by atoms with Gasteiger partial charge in [-0.2, -0.15) is 0 Å². The molecular formula is C27H27N3O5. The topological polar surface area (TPSA) is 114 Å². The van der Waals surface area contributed by atoms with Crippen molar-refractivity contribution in [2.75, 3.05) is 19.0 Å². The van der Waals surface area contributed by atoms with Crippen molar-refractivity contribution < 1.29 is 23.9 Å². The van der Waals surface area contributed by atoms with Gasteiger partial charge in [0.1, 0.15) is 0 Å². The van der Waals surface area contributed by atoms with Crippen LogP contribution in [0, 0.1) is 0 Å². The Morgan fingerprint density at radius 1 is 0.943 bits per heavy atom. The van der Waals surface area contributed by atoms with E-state index in [9.17, 15) is 19.2 Å². The van der Waals surface area contributed by atoms with Gasteiger partial charge in [-0.3, -0.25) is 14.4 Å².